The molecule has 0 spiro atoms. The number of hydrogen-bond acceptors (Lipinski definition) is 16. The fourth-order valence-electron chi connectivity index (χ4n) is 3.66. The number of thiazole rings is 1. The number of rotatable bonds is 11. The highest BCUT2D eigenvalue weighted by Gasteiger charge is 2.54. The highest BCUT2D eigenvalue weighted by Crippen LogP contribution is 2.25. The van der Waals surface area contributed by atoms with Gasteiger partial charge in [0.15, 0.2) is 16.6 Å². The van der Waals surface area contributed by atoms with E-state index in [4.69, 9.17) is 15.1 Å². The molecule has 1 aliphatic rings. The number of anilines is 1. The van der Waals surface area contributed by atoms with Crippen LogP contribution in [0.2, 0.25) is 0 Å². The second kappa shape index (κ2) is 11.9. The Morgan fingerprint density at radius 1 is 1.27 bits per heavy atom. The van der Waals surface area contributed by atoms with Crippen molar-refractivity contribution < 1.29 is 56.9 Å². The maximum Gasteiger partial charge on any atom is 0.362 e. The van der Waals surface area contributed by atoms with Crippen LogP contribution in [0, 0.1) is 0 Å². The predicted octanol–water partition coefficient (Wildman–Crippen LogP) is -2.00. The molecule has 4 rings (SSSR count). The van der Waals surface area contributed by atoms with Gasteiger partial charge in [0.05, 0.1) is 12.2 Å². The molecule has 0 aliphatic carbocycles. The number of nitrogens with two attached hydrogens (primary N) is 1. The van der Waals surface area contributed by atoms with Gasteiger partial charge in [0.2, 0.25) is 16.8 Å². The number of β-lactam (4-membered cyclic amide) rings is 1. The minimum absolute atomic E-state index is 0.00732. The van der Waals surface area contributed by atoms with Crippen LogP contribution in [-0.4, -0.2) is 101 Å². The molecule has 0 radical (unpaired) electrons. The van der Waals surface area contributed by atoms with E-state index in [1.54, 1.807) is 0 Å². The SMILES string of the molecule is CC(C)(O/N=C(\C(=O)NC1C(=O)N(S(=O)(=O)O)[C@H]1CNC(=O)c1cc(-c2cc(=O)c(O)cn2O)no1)c1csc(N)n1)C(=O)O. The summed E-state index contributed by atoms with van der Waals surface area (Å²) in [7, 11) is -5.18. The summed E-state index contributed by atoms with van der Waals surface area (Å²) in [5.74, 6) is -6.24. The number of carboxylic acids is 1. The van der Waals surface area contributed by atoms with E-state index >= 15 is 0 Å². The van der Waals surface area contributed by atoms with Crippen LogP contribution >= 0.6 is 11.3 Å². The van der Waals surface area contributed by atoms with Crippen LogP contribution in [0.5, 0.6) is 5.75 Å². The molecule has 21 nitrogen and oxygen atoms in total. The summed E-state index contributed by atoms with van der Waals surface area (Å²) in [5, 5.41) is 41.4. The highest BCUT2D eigenvalue weighted by molar-refractivity contribution is 7.84. The van der Waals surface area contributed by atoms with Crippen molar-refractivity contribution in [3.8, 4) is 17.1 Å². The number of pyridine rings is 1. The number of nitrogens with one attached hydrogen (secondary N) is 2. The smallest absolute Gasteiger partial charge is 0.362 e. The van der Waals surface area contributed by atoms with Crippen LogP contribution in [0.25, 0.3) is 11.4 Å². The van der Waals surface area contributed by atoms with Gasteiger partial charge in [-0.05, 0) is 13.8 Å². The minimum Gasteiger partial charge on any atom is -0.503 e. The van der Waals surface area contributed by atoms with Crippen molar-refractivity contribution >= 4 is 56.2 Å². The molecule has 1 fully saturated rings. The van der Waals surface area contributed by atoms with Crippen LogP contribution in [0.3, 0.4) is 0 Å². The lowest BCUT2D eigenvalue weighted by Crippen LogP contribution is -2.74. The van der Waals surface area contributed by atoms with Crippen LogP contribution < -0.4 is 21.8 Å². The van der Waals surface area contributed by atoms with Crippen LogP contribution in [0.4, 0.5) is 5.13 Å². The predicted molar refractivity (Wildman–Crippen MR) is 147 cm³/mol. The molecule has 3 aromatic heterocycles. The lowest BCUT2D eigenvalue weighted by Gasteiger charge is -2.44. The van der Waals surface area contributed by atoms with Crippen molar-refractivity contribution in [2.75, 3.05) is 12.3 Å². The van der Waals surface area contributed by atoms with Gasteiger partial charge in [-0.15, -0.1) is 11.3 Å². The summed E-state index contributed by atoms with van der Waals surface area (Å²) in [6.45, 7) is 1.56. The van der Waals surface area contributed by atoms with E-state index in [-0.39, 0.29) is 26.5 Å². The molecule has 8 N–H and O–H groups in total. The second-order valence-electron chi connectivity index (χ2n) is 9.59. The normalized spacial score (nSPS) is 17.0. The Labute approximate surface area is 254 Å². The monoisotopic (exact) mass is 670 g/mol. The van der Waals surface area contributed by atoms with Gasteiger partial charge in [0, 0.05) is 24.1 Å². The van der Waals surface area contributed by atoms with Gasteiger partial charge in [0.25, 0.3) is 17.7 Å². The summed E-state index contributed by atoms with van der Waals surface area (Å²) in [4.78, 5) is 70.5. The lowest BCUT2D eigenvalue weighted by molar-refractivity contribution is -0.161. The first-order valence-electron chi connectivity index (χ1n) is 12.1. The molecule has 240 valence electrons. The summed E-state index contributed by atoms with van der Waals surface area (Å²) < 4.78 is 38.5. The number of hydrogen-bond donors (Lipinski definition) is 7. The third-order valence-electron chi connectivity index (χ3n) is 6.04. The third kappa shape index (κ3) is 6.68. The number of nitrogen functional groups attached to an aromatic ring is 1. The van der Waals surface area contributed by atoms with Crippen molar-refractivity contribution in [1.29, 1.82) is 0 Å². The number of aromatic nitrogens is 3. The summed E-state index contributed by atoms with van der Waals surface area (Å²) in [6.07, 6.45) is 0.677. The number of carboxylic acid groups (broad SMARTS) is 1. The first-order valence-corrected chi connectivity index (χ1v) is 14.4. The summed E-state index contributed by atoms with van der Waals surface area (Å²) in [6, 6.07) is -1.49. The molecular formula is C22H22N8O13S2. The Morgan fingerprint density at radius 2 is 1.96 bits per heavy atom. The standard InChI is InChI=1S/C22H22N8O13S2/c1-22(2,20(36)37)43-28-15(9-7-44-21(23)25-9)18(34)26-16-11(30(19(16)35)45(39,40)41)5-24-17(33)14-3-8(27-42-14)10-4-12(31)13(32)6-29(10)38/h3-4,6-7,11,16,32,38H,5H2,1-2H3,(H2,23,25)(H,24,33)(H,26,34)(H,36,37)(H,39,40,41)/b28-15-/t11-,16?/m0/s1. The van der Waals surface area contributed by atoms with Gasteiger partial charge in [-0.3, -0.25) is 23.7 Å². The number of carbonyl (C=O) groups excluding carboxylic acids is 3. The fraction of sp³-hybridized carbons (Fsp3) is 0.273. The lowest BCUT2D eigenvalue weighted by atomic mass is 9.98. The molecule has 4 heterocycles. The zero-order valence-corrected chi connectivity index (χ0v) is 24.4. The minimum atomic E-state index is -5.18. The molecule has 3 aromatic rings. The van der Waals surface area contributed by atoms with E-state index < -0.39 is 80.9 Å². The van der Waals surface area contributed by atoms with Crippen LogP contribution in [0.15, 0.2) is 38.2 Å². The molecular weight excluding hydrogens is 648 g/mol. The van der Waals surface area contributed by atoms with Gasteiger partial charge in [0.1, 0.15) is 23.1 Å². The summed E-state index contributed by atoms with van der Waals surface area (Å²) in [5.41, 5.74) is 1.53. The topological polar surface area (TPSA) is 319 Å². The number of nitrogens with zero attached hydrogens (tertiary/aromatic N) is 5. The molecule has 0 bridgehead atoms. The number of oxime groups is 1. The maximum atomic E-state index is 13.2. The van der Waals surface area contributed by atoms with E-state index in [1.165, 1.54) is 5.38 Å². The van der Waals surface area contributed by atoms with E-state index in [0.29, 0.717) is 10.9 Å². The van der Waals surface area contributed by atoms with Gasteiger partial charge >= 0.3 is 16.3 Å². The first kappa shape index (κ1) is 32.4. The highest BCUT2D eigenvalue weighted by atomic mass is 32.2. The Balaban J connectivity index is 1.54. The quantitative estimate of drug-likeness (QED) is 0.0381. The average molecular weight is 671 g/mol. The number of aromatic hydroxyl groups is 1. The Morgan fingerprint density at radius 3 is 2.56 bits per heavy atom. The molecule has 3 amide bonds. The zero-order valence-electron chi connectivity index (χ0n) is 22.8. The number of amides is 3. The molecule has 0 saturated carbocycles. The van der Waals surface area contributed by atoms with E-state index in [0.717, 1.165) is 37.3 Å². The average Bonchev–Trinajstić information content (AvgIpc) is 3.60. The van der Waals surface area contributed by atoms with Gasteiger partial charge in [-0.2, -0.15) is 13.1 Å². The molecule has 1 aliphatic heterocycles. The van der Waals surface area contributed by atoms with E-state index in [2.05, 4.69) is 25.9 Å². The largest absolute Gasteiger partial charge is 0.503 e. The molecule has 2 atom stereocenters. The van der Waals surface area contributed by atoms with E-state index in [9.17, 15) is 52.4 Å². The Hall–Kier alpha value is -5.55. The first-order chi connectivity index (χ1) is 20.9. The van der Waals surface area contributed by atoms with Gasteiger partial charge in [-0.25, -0.2) is 14.1 Å². The van der Waals surface area contributed by atoms with Gasteiger partial charge in [-0.1, -0.05) is 10.3 Å². The second-order valence-corrected chi connectivity index (χ2v) is 11.8. The molecule has 45 heavy (non-hydrogen) atoms. The third-order valence-corrected chi connectivity index (χ3v) is 7.67. The fourth-order valence-corrected chi connectivity index (χ4v) is 5.09. The van der Waals surface area contributed by atoms with Crippen molar-refractivity contribution in [2.45, 2.75) is 31.5 Å². The van der Waals surface area contributed by atoms with Gasteiger partial charge < -0.3 is 41.1 Å². The molecule has 0 aromatic carbocycles. The molecule has 1 saturated heterocycles. The number of aliphatic carboxylic acids is 1. The zero-order chi connectivity index (χ0) is 33.4. The van der Waals surface area contributed by atoms with Crippen molar-refractivity contribution in [2.24, 2.45) is 5.16 Å². The van der Waals surface area contributed by atoms with Crippen molar-refractivity contribution in [3.05, 3.63) is 45.4 Å². The molecule has 1 unspecified atom stereocenters. The van der Waals surface area contributed by atoms with Crippen molar-refractivity contribution in [1.82, 2.24) is 29.8 Å². The Bertz CT molecular complexity index is 1900. The molecule has 23 heteroatoms. The Kier molecular flexibility index (Phi) is 8.53. The van der Waals surface area contributed by atoms with Crippen LogP contribution in [-0.2, 0) is 29.5 Å². The van der Waals surface area contributed by atoms with Crippen LogP contribution in [0.1, 0.15) is 30.1 Å². The van der Waals surface area contributed by atoms with Crippen molar-refractivity contribution in [3.63, 3.8) is 0 Å². The maximum absolute atomic E-state index is 13.2. The number of carbonyl (C=O) groups is 4. The van der Waals surface area contributed by atoms with E-state index in [1.807, 2.05) is 0 Å². The summed E-state index contributed by atoms with van der Waals surface area (Å²) >= 11 is 0.888.